The standard InChI is InChI=1S/C5H10N4/c1-4(2)5(6)8-9-7-3/h1H2,2-3H3,(H2,6,7,8). The fraction of sp³-hybridized carbons (Fsp3) is 0.400. The third-order valence-corrected chi connectivity index (χ3v) is 0.679. The first-order chi connectivity index (χ1) is 4.18. The van der Waals surface area contributed by atoms with E-state index in [1.807, 2.05) is 0 Å². The SMILES string of the molecule is C=C(C)C(N)=NN=NC. The van der Waals surface area contributed by atoms with Crippen LogP contribution >= 0.6 is 0 Å². The fourth-order valence-electron chi connectivity index (χ4n) is 0.178. The van der Waals surface area contributed by atoms with Crippen LogP contribution in [0.15, 0.2) is 27.6 Å². The van der Waals surface area contributed by atoms with Gasteiger partial charge in [0.25, 0.3) is 0 Å². The summed E-state index contributed by atoms with van der Waals surface area (Å²) in [4.78, 5) is 0. The predicted molar refractivity (Wildman–Crippen MR) is 37.2 cm³/mol. The molecule has 2 N–H and O–H groups in total. The summed E-state index contributed by atoms with van der Waals surface area (Å²) in [5, 5.41) is 10.2. The lowest BCUT2D eigenvalue weighted by atomic mass is 10.3. The van der Waals surface area contributed by atoms with E-state index in [1.165, 1.54) is 7.05 Å². The Morgan fingerprint density at radius 3 is 2.44 bits per heavy atom. The van der Waals surface area contributed by atoms with E-state index < -0.39 is 0 Å². The molecule has 0 aromatic rings. The highest BCUT2D eigenvalue weighted by Crippen LogP contribution is 1.86. The largest absolute Gasteiger partial charge is 0.382 e. The highest BCUT2D eigenvalue weighted by atomic mass is 15.4. The van der Waals surface area contributed by atoms with Gasteiger partial charge in [0.05, 0.1) is 7.05 Å². The highest BCUT2D eigenvalue weighted by molar-refractivity contribution is 5.95. The summed E-state index contributed by atoms with van der Waals surface area (Å²) >= 11 is 0. The Hall–Kier alpha value is -1.19. The quantitative estimate of drug-likeness (QED) is 0.254. The van der Waals surface area contributed by atoms with Crippen LogP contribution < -0.4 is 5.73 Å². The van der Waals surface area contributed by atoms with Crippen molar-refractivity contribution >= 4 is 5.84 Å². The minimum atomic E-state index is 0.320. The van der Waals surface area contributed by atoms with E-state index in [1.54, 1.807) is 6.92 Å². The van der Waals surface area contributed by atoms with Crippen LogP contribution in [0.3, 0.4) is 0 Å². The maximum atomic E-state index is 5.30. The molecule has 0 aliphatic heterocycles. The molecule has 50 valence electrons. The Balaban J connectivity index is 4.00. The molecule has 0 radical (unpaired) electrons. The monoisotopic (exact) mass is 126 g/mol. The lowest BCUT2D eigenvalue weighted by Gasteiger charge is -1.90. The van der Waals surface area contributed by atoms with Gasteiger partial charge in [0, 0.05) is 0 Å². The summed E-state index contributed by atoms with van der Waals surface area (Å²) in [6.07, 6.45) is 0. The van der Waals surface area contributed by atoms with Gasteiger partial charge in [0.2, 0.25) is 0 Å². The van der Waals surface area contributed by atoms with Crippen molar-refractivity contribution in [2.75, 3.05) is 7.05 Å². The van der Waals surface area contributed by atoms with Crippen LogP contribution in [0.5, 0.6) is 0 Å². The lowest BCUT2D eigenvalue weighted by molar-refractivity contribution is 1.01. The van der Waals surface area contributed by atoms with Gasteiger partial charge in [-0.3, -0.25) is 0 Å². The van der Waals surface area contributed by atoms with Gasteiger partial charge >= 0.3 is 0 Å². The first kappa shape index (κ1) is 7.81. The van der Waals surface area contributed by atoms with Crippen LogP contribution in [0.4, 0.5) is 0 Å². The van der Waals surface area contributed by atoms with Crippen molar-refractivity contribution in [2.45, 2.75) is 6.92 Å². The number of hydrogen-bond donors (Lipinski definition) is 1. The van der Waals surface area contributed by atoms with E-state index >= 15 is 0 Å². The number of nitrogens with two attached hydrogens (primary N) is 1. The summed E-state index contributed by atoms with van der Waals surface area (Å²) < 4.78 is 0. The lowest BCUT2D eigenvalue weighted by Crippen LogP contribution is -2.10. The molecule has 9 heavy (non-hydrogen) atoms. The maximum absolute atomic E-state index is 5.30. The zero-order valence-corrected chi connectivity index (χ0v) is 5.63. The molecule has 0 aliphatic rings. The van der Waals surface area contributed by atoms with Crippen LogP contribution in [0.2, 0.25) is 0 Å². The number of amidine groups is 1. The molecule has 0 rings (SSSR count). The molecule has 0 aliphatic carbocycles. The Morgan fingerprint density at radius 1 is 1.56 bits per heavy atom. The van der Waals surface area contributed by atoms with Gasteiger partial charge in [0.15, 0.2) is 0 Å². The van der Waals surface area contributed by atoms with Crippen LogP contribution in [0.25, 0.3) is 0 Å². The van der Waals surface area contributed by atoms with Gasteiger partial charge in [0.1, 0.15) is 5.84 Å². The number of rotatable bonds is 2. The summed E-state index contributed by atoms with van der Waals surface area (Å²) in [6, 6.07) is 0. The predicted octanol–water partition coefficient (Wildman–Crippen LogP) is 0.917. The van der Waals surface area contributed by atoms with Crippen LogP contribution in [0, 0.1) is 0 Å². The zero-order valence-electron chi connectivity index (χ0n) is 5.63. The van der Waals surface area contributed by atoms with Gasteiger partial charge in [-0.1, -0.05) is 6.58 Å². The van der Waals surface area contributed by atoms with Crippen molar-refractivity contribution in [3.05, 3.63) is 12.2 Å². The first-order valence-electron chi connectivity index (χ1n) is 2.46. The van der Waals surface area contributed by atoms with Gasteiger partial charge < -0.3 is 5.73 Å². The van der Waals surface area contributed by atoms with Gasteiger partial charge in [-0.2, -0.15) is 5.11 Å². The average molecular weight is 126 g/mol. The normalized spacial score (nSPS) is 12.4. The molecule has 0 unspecified atom stereocenters. The minimum absolute atomic E-state index is 0.320. The molecule has 0 aromatic carbocycles. The van der Waals surface area contributed by atoms with Gasteiger partial charge in [-0.15, -0.1) is 5.10 Å². The fourth-order valence-corrected chi connectivity index (χ4v) is 0.178. The molecule has 0 saturated heterocycles. The van der Waals surface area contributed by atoms with Crippen molar-refractivity contribution in [1.82, 2.24) is 0 Å². The number of nitrogens with zero attached hydrogens (tertiary/aromatic N) is 3. The van der Waals surface area contributed by atoms with Crippen molar-refractivity contribution in [1.29, 1.82) is 0 Å². The molecule has 4 nitrogen and oxygen atoms in total. The van der Waals surface area contributed by atoms with Crippen LogP contribution in [0.1, 0.15) is 6.92 Å². The zero-order chi connectivity index (χ0) is 7.28. The minimum Gasteiger partial charge on any atom is -0.382 e. The van der Waals surface area contributed by atoms with Crippen molar-refractivity contribution in [2.24, 2.45) is 21.2 Å². The van der Waals surface area contributed by atoms with E-state index in [9.17, 15) is 0 Å². The summed E-state index contributed by atoms with van der Waals surface area (Å²) in [6.45, 7) is 5.30. The second-order valence-electron chi connectivity index (χ2n) is 1.56. The molecule has 0 atom stereocenters. The van der Waals surface area contributed by atoms with E-state index in [0.29, 0.717) is 11.4 Å². The van der Waals surface area contributed by atoms with Gasteiger partial charge in [-0.25, -0.2) is 0 Å². The molecule has 0 spiro atoms. The van der Waals surface area contributed by atoms with Crippen molar-refractivity contribution in [3.8, 4) is 0 Å². The van der Waals surface area contributed by atoms with Gasteiger partial charge in [-0.05, 0) is 17.7 Å². The molecular formula is C5H10N4. The average Bonchev–Trinajstić information content (AvgIpc) is 1.82. The summed E-state index contributed by atoms with van der Waals surface area (Å²) in [5.41, 5.74) is 6.00. The molecule has 0 bridgehead atoms. The van der Waals surface area contributed by atoms with Crippen LogP contribution in [-0.4, -0.2) is 12.9 Å². The molecule has 0 saturated carbocycles. The van der Waals surface area contributed by atoms with E-state index in [4.69, 9.17) is 5.73 Å². The van der Waals surface area contributed by atoms with Crippen molar-refractivity contribution in [3.63, 3.8) is 0 Å². The Labute approximate surface area is 54.2 Å². The smallest absolute Gasteiger partial charge is 0.150 e. The van der Waals surface area contributed by atoms with E-state index in [0.717, 1.165) is 0 Å². The highest BCUT2D eigenvalue weighted by Gasteiger charge is 1.87. The van der Waals surface area contributed by atoms with Crippen molar-refractivity contribution < 1.29 is 0 Å². The molecule has 0 amide bonds. The van der Waals surface area contributed by atoms with E-state index in [2.05, 4.69) is 22.0 Å². The number of hydrogen-bond acceptors (Lipinski definition) is 2. The van der Waals surface area contributed by atoms with Crippen LogP contribution in [-0.2, 0) is 0 Å². The molecule has 0 aromatic heterocycles. The molecular weight excluding hydrogens is 116 g/mol. The van der Waals surface area contributed by atoms with E-state index in [-0.39, 0.29) is 0 Å². The Morgan fingerprint density at radius 2 is 2.11 bits per heavy atom. The molecule has 4 heteroatoms. The maximum Gasteiger partial charge on any atom is 0.150 e. The second-order valence-corrected chi connectivity index (χ2v) is 1.56. The first-order valence-corrected chi connectivity index (χ1v) is 2.46. The Kier molecular flexibility index (Phi) is 3.27. The summed E-state index contributed by atoms with van der Waals surface area (Å²) in [5.74, 6) is 0.320. The molecule has 0 heterocycles. The Bertz CT molecular complexity index is 156. The third-order valence-electron chi connectivity index (χ3n) is 0.679. The molecule has 0 fully saturated rings. The second kappa shape index (κ2) is 3.77. The third kappa shape index (κ3) is 3.40. The summed E-state index contributed by atoms with van der Waals surface area (Å²) in [7, 11) is 1.52. The topological polar surface area (TPSA) is 63.1 Å².